The summed E-state index contributed by atoms with van der Waals surface area (Å²) in [6, 6.07) is 24.2. The van der Waals surface area contributed by atoms with Crippen LogP contribution in [0.5, 0.6) is 0 Å². The molecule has 0 aromatic heterocycles. The highest BCUT2D eigenvalue weighted by Crippen LogP contribution is 2.37. The molecule has 0 radical (unpaired) electrons. The van der Waals surface area contributed by atoms with Crippen molar-refractivity contribution in [1.82, 2.24) is 0 Å². The Labute approximate surface area is 255 Å². The molecule has 0 heterocycles. The van der Waals surface area contributed by atoms with Gasteiger partial charge in [0.05, 0.1) is 21.8 Å². The maximum absolute atomic E-state index is 13.1. The number of benzene rings is 5. The zero-order chi connectivity index (χ0) is 32.4. The molecule has 0 saturated carbocycles. The van der Waals surface area contributed by atoms with Gasteiger partial charge in [-0.1, -0.05) is 48.5 Å². The number of fused-ring (bicyclic) bond motifs is 6. The molecular formula is C36H16F6N4. The van der Waals surface area contributed by atoms with Gasteiger partial charge in [-0.25, -0.2) is 0 Å². The number of rotatable bonds is 2. The van der Waals surface area contributed by atoms with E-state index in [-0.39, 0.29) is 0 Å². The first-order valence-electron chi connectivity index (χ1n) is 13.7. The number of hydrogen-bond donors (Lipinski definition) is 0. The first-order chi connectivity index (χ1) is 22.0. The van der Waals surface area contributed by atoms with Gasteiger partial charge >= 0.3 is 12.4 Å². The Morgan fingerprint density at radius 3 is 1.07 bits per heavy atom. The number of alkyl halides is 6. The molecule has 0 amide bonds. The highest BCUT2D eigenvalue weighted by Gasteiger charge is 2.31. The monoisotopic (exact) mass is 618 g/mol. The van der Waals surface area contributed by atoms with Gasteiger partial charge in [0.1, 0.15) is 0 Å². The van der Waals surface area contributed by atoms with Crippen molar-refractivity contribution in [3.63, 3.8) is 0 Å². The Morgan fingerprint density at radius 1 is 0.391 bits per heavy atom. The van der Waals surface area contributed by atoms with E-state index in [9.17, 15) is 36.9 Å². The summed E-state index contributed by atoms with van der Waals surface area (Å²) in [6.07, 6.45) is -5.22. The zero-order valence-corrected chi connectivity index (χ0v) is 23.3. The zero-order valence-electron chi connectivity index (χ0n) is 23.3. The molecule has 0 aliphatic rings. The number of halogens is 6. The molecule has 7 aromatic carbocycles. The summed E-state index contributed by atoms with van der Waals surface area (Å²) >= 11 is 0. The van der Waals surface area contributed by atoms with Crippen LogP contribution in [-0.2, 0) is 12.4 Å². The maximum Gasteiger partial charge on any atom is 0.416 e. The Hall–Kier alpha value is -6.00. The number of nitriles is 2. The van der Waals surface area contributed by atoms with Crippen LogP contribution in [0.2, 0.25) is 0 Å². The van der Waals surface area contributed by atoms with E-state index in [1.165, 1.54) is 24.3 Å². The summed E-state index contributed by atoms with van der Waals surface area (Å²) < 4.78 is 78.6. The van der Waals surface area contributed by atoms with Crippen LogP contribution in [0.1, 0.15) is 11.1 Å². The fraction of sp³-hybridized carbons (Fsp3) is 0.0556. The van der Waals surface area contributed by atoms with Crippen LogP contribution in [0.3, 0.4) is 0 Å². The summed E-state index contributed by atoms with van der Waals surface area (Å²) in [5.74, 6) is 0. The van der Waals surface area contributed by atoms with Crippen molar-refractivity contribution in [3.05, 3.63) is 119 Å². The Kier molecular flexibility index (Phi) is 6.43. The van der Waals surface area contributed by atoms with Crippen LogP contribution in [0, 0.1) is 22.9 Å². The van der Waals surface area contributed by atoms with Gasteiger partial charge in [0, 0.05) is 21.5 Å². The molecule has 0 atom stereocenters. The van der Waals surface area contributed by atoms with Gasteiger partial charge in [-0.3, -0.25) is 0 Å². The lowest BCUT2D eigenvalue weighted by Gasteiger charge is -2.08. The molecule has 0 bridgehead atoms. The second kappa shape index (κ2) is 10.3. The molecule has 7 rings (SSSR count). The fourth-order valence-electron chi connectivity index (χ4n) is 6.08. The largest absolute Gasteiger partial charge is 0.416 e. The predicted molar refractivity (Wildman–Crippen MR) is 162 cm³/mol. The minimum atomic E-state index is -4.46. The second-order valence-corrected chi connectivity index (χ2v) is 10.7. The third kappa shape index (κ3) is 4.63. The molecular weight excluding hydrogens is 602 g/mol. The number of hydrogen-bond acceptors (Lipinski definition) is 4. The van der Waals surface area contributed by atoms with Crippen LogP contribution in [0.25, 0.3) is 65.3 Å². The van der Waals surface area contributed by atoms with Gasteiger partial charge in [-0.15, -0.1) is 0 Å². The van der Waals surface area contributed by atoms with Crippen LogP contribution in [0.4, 0.5) is 26.3 Å². The SMILES string of the molecule is N#C/N=c1/c2cc(-c3ccc(C(F)(F)F)cc3)ccc2c2cc3c(cc12)/c(=N/C#N)c1cc(-c2ccc(C(F)(F)F)cc2)ccc13. The van der Waals surface area contributed by atoms with Gasteiger partial charge in [0.2, 0.25) is 12.4 Å². The molecule has 10 heteroatoms. The Morgan fingerprint density at radius 2 is 0.717 bits per heavy atom. The fourth-order valence-corrected chi connectivity index (χ4v) is 6.08. The van der Waals surface area contributed by atoms with E-state index < -0.39 is 23.5 Å². The lowest BCUT2D eigenvalue weighted by atomic mass is 10.0. The van der Waals surface area contributed by atoms with Crippen LogP contribution in [0.15, 0.2) is 107 Å². The average molecular weight is 619 g/mol. The first kappa shape index (κ1) is 28.8. The standard InChI is InChI=1S/C36H16F6N4/c37-35(38,39)23-7-1-19(2-8-23)21-5-11-25-27-15-28-26-12-6-22(20-3-9-24(10-4-20)36(40,41)42)14-30(26)34(46-18-44)32(28)16-31(27)33(45-17-43)29(25)13-21/h1-16H/b45-33-,46-34+. The summed E-state index contributed by atoms with van der Waals surface area (Å²) in [6.45, 7) is 0. The van der Waals surface area contributed by atoms with Gasteiger partial charge < -0.3 is 0 Å². The van der Waals surface area contributed by atoms with Crippen molar-refractivity contribution in [2.24, 2.45) is 9.98 Å². The summed E-state index contributed by atoms with van der Waals surface area (Å²) in [7, 11) is 0. The van der Waals surface area contributed by atoms with E-state index in [0.717, 1.165) is 45.8 Å². The van der Waals surface area contributed by atoms with E-state index in [2.05, 4.69) is 9.98 Å². The average Bonchev–Trinajstić information content (AvgIpc) is 3.50. The van der Waals surface area contributed by atoms with Crippen molar-refractivity contribution < 1.29 is 26.3 Å². The molecule has 46 heavy (non-hydrogen) atoms. The van der Waals surface area contributed by atoms with Crippen molar-refractivity contribution in [3.8, 4) is 34.6 Å². The topological polar surface area (TPSA) is 72.3 Å². The number of nitrogens with zero attached hydrogens (tertiary/aromatic N) is 4. The van der Waals surface area contributed by atoms with Crippen molar-refractivity contribution in [2.45, 2.75) is 12.4 Å². The van der Waals surface area contributed by atoms with Crippen molar-refractivity contribution in [1.29, 1.82) is 10.5 Å². The summed E-state index contributed by atoms with van der Waals surface area (Å²) in [4.78, 5) is 8.20. The molecule has 0 spiro atoms. The smallest absolute Gasteiger partial charge is 0.172 e. The summed E-state index contributed by atoms with van der Waals surface area (Å²) in [5, 5.41) is 25.5. The molecule has 0 aliphatic heterocycles. The van der Waals surface area contributed by atoms with Crippen LogP contribution >= 0.6 is 0 Å². The quantitative estimate of drug-likeness (QED) is 0.143. The summed E-state index contributed by atoms with van der Waals surface area (Å²) in [5.41, 5.74) is 0.900. The molecule has 0 aliphatic carbocycles. The Balaban J connectivity index is 1.44. The molecule has 0 fully saturated rings. The Bertz CT molecular complexity index is 2380. The van der Waals surface area contributed by atoms with Crippen molar-refractivity contribution in [2.75, 3.05) is 0 Å². The van der Waals surface area contributed by atoms with Gasteiger partial charge in [-0.05, 0) is 92.3 Å². The van der Waals surface area contributed by atoms with Crippen LogP contribution < -0.4 is 10.7 Å². The first-order valence-corrected chi connectivity index (χ1v) is 13.7. The van der Waals surface area contributed by atoms with Gasteiger partial charge in [0.15, 0.2) is 0 Å². The minimum Gasteiger partial charge on any atom is -0.172 e. The second-order valence-electron chi connectivity index (χ2n) is 10.7. The molecule has 222 valence electrons. The lowest BCUT2D eigenvalue weighted by Crippen LogP contribution is -2.04. The molecule has 0 unspecified atom stereocenters. The molecule has 0 N–H and O–H groups in total. The van der Waals surface area contributed by atoms with E-state index in [1.807, 2.05) is 36.7 Å². The highest BCUT2D eigenvalue weighted by molar-refractivity contribution is 6.21. The van der Waals surface area contributed by atoms with Gasteiger partial charge in [-0.2, -0.15) is 46.9 Å². The van der Waals surface area contributed by atoms with Gasteiger partial charge in [0.25, 0.3) is 0 Å². The lowest BCUT2D eigenvalue weighted by molar-refractivity contribution is -0.138. The van der Waals surface area contributed by atoms with Crippen molar-refractivity contribution >= 4 is 43.1 Å². The highest BCUT2D eigenvalue weighted by atomic mass is 19.4. The van der Waals surface area contributed by atoms with E-state index >= 15 is 0 Å². The molecule has 0 saturated heterocycles. The third-order valence-corrected chi connectivity index (χ3v) is 8.21. The third-order valence-electron chi connectivity index (χ3n) is 8.21. The van der Waals surface area contributed by atoms with E-state index in [1.54, 1.807) is 24.3 Å². The molecule has 4 nitrogen and oxygen atoms in total. The van der Waals surface area contributed by atoms with E-state index in [0.29, 0.717) is 54.5 Å². The normalized spacial score (nSPS) is 13.2. The maximum atomic E-state index is 13.1. The minimum absolute atomic E-state index is 0.377. The van der Waals surface area contributed by atoms with E-state index in [4.69, 9.17) is 0 Å². The predicted octanol–water partition coefficient (Wildman–Crippen LogP) is 9.31. The molecule has 7 aromatic rings. The van der Waals surface area contributed by atoms with Crippen LogP contribution in [-0.4, -0.2) is 0 Å².